The van der Waals surface area contributed by atoms with Gasteiger partial charge in [-0.3, -0.25) is 14.6 Å². The number of amides is 3. The average molecular weight is 430 g/mol. The summed E-state index contributed by atoms with van der Waals surface area (Å²) in [5.74, 6) is -4.10. The molecule has 3 aromatic rings. The van der Waals surface area contributed by atoms with E-state index in [9.17, 15) is 22.8 Å². The lowest BCUT2D eigenvalue weighted by atomic mass is 10.1. The standard InChI is InChI=1S/C22H17F3N2O2S/c1-26(19-11-10-15(30)12-18(19)25)22(29)27(13-14-6-3-2-4-7-14)21(28)20-16(23)8-5-9-17(20)24/h2-12,30H,13H2,1H3. The van der Waals surface area contributed by atoms with E-state index in [1.807, 2.05) is 0 Å². The van der Waals surface area contributed by atoms with Crippen LogP contribution in [0.4, 0.5) is 23.7 Å². The largest absolute Gasteiger partial charge is 0.331 e. The number of imide groups is 1. The molecule has 0 aliphatic heterocycles. The van der Waals surface area contributed by atoms with Gasteiger partial charge in [0, 0.05) is 11.9 Å². The Morgan fingerprint density at radius 3 is 2.10 bits per heavy atom. The molecule has 0 aromatic heterocycles. The minimum absolute atomic E-state index is 0.113. The van der Waals surface area contributed by atoms with E-state index >= 15 is 0 Å². The molecule has 0 saturated heterocycles. The molecule has 0 N–H and O–H groups in total. The highest BCUT2D eigenvalue weighted by Gasteiger charge is 2.31. The normalized spacial score (nSPS) is 10.6. The molecule has 30 heavy (non-hydrogen) atoms. The van der Waals surface area contributed by atoms with Crippen molar-refractivity contribution in [3.05, 3.63) is 95.3 Å². The zero-order valence-corrected chi connectivity index (χ0v) is 16.7. The van der Waals surface area contributed by atoms with Crippen LogP contribution in [0.15, 0.2) is 71.6 Å². The molecular formula is C22H17F3N2O2S. The predicted molar refractivity (Wildman–Crippen MR) is 110 cm³/mol. The molecule has 8 heteroatoms. The highest BCUT2D eigenvalue weighted by atomic mass is 32.1. The fourth-order valence-corrected chi connectivity index (χ4v) is 3.07. The van der Waals surface area contributed by atoms with E-state index in [0.29, 0.717) is 15.4 Å². The summed E-state index contributed by atoms with van der Waals surface area (Å²) in [6, 6.07) is 14.4. The molecule has 0 bridgehead atoms. The van der Waals surface area contributed by atoms with Crippen LogP contribution < -0.4 is 4.90 Å². The van der Waals surface area contributed by atoms with Crippen LogP contribution in [0.2, 0.25) is 0 Å². The van der Waals surface area contributed by atoms with Gasteiger partial charge in [-0.2, -0.15) is 0 Å². The first-order valence-corrected chi connectivity index (χ1v) is 9.30. The summed E-state index contributed by atoms with van der Waals surface area (Å²) in [6.45, 7) is -0.261. The summed E-state index contributed by atoms with van der Waals surface area (Å²) < 4.78 is 42.8. The van der Waals surface area contributed by atoms with Gasteiger partial charge >= 0.3 is 6.03 Å². The number of anilines is 1. The fourth-order valence-electron chi connectivity index (χ4n) is 2.88. The Hall–Kier alpha value is -3.26. The Balaban J connectivity index is 2.02. The minimum Gasteiger partial charge on any atom is -0.294 e. The van der Waals surface area contributed by atoms with Crippen LogP contribution in [0.5, 0.6) is 0 Å². The molecule has 0 aliphatic rings. The van der Waals surface area contributed by atoms with Crippen molar-refractivity contribution in [3.8, 4) is 0 Å². The van der Waals surface area contributed by atoms with Gasteiger partial charge in [0.1, 0.15) is 23.0 Å². The SMILES string of the molecule is CN(C(=O)N(Cc1ccccc1)C(=O)c1c(F)cccc1F)c1ccc(S)cc1F. The molecule has 3 amide bonds. The lowest BCUT2D eigenvalue weighted by Gasteiger charge is -2.27. The molecule has 154 valence electrons. The number of nitrogens with zero attached hydrogens (tertiary/aromatic N) is 2. The molecule has 0 saturated carbocycles. The maximum atomic E-state index is 14.3. The van der Waals surface area contributed by atoms with Gasteiger partial charge in [0.25, 0.3) is 5.91 Å². The van der Waals surface area contributed by atoms with Gasteiger partial charge in [-0.1, -0.05) is 36.4 Å². The third-order valence-electron chi connectivity index (χ3n) is 4.42. The van der Waals surface area contributed by atoms with Crippen molar-refractivity contribution in [2.75, 3.05) is 11.9 Å². The molecule has 3 rings (SSSR count). The highest BCUT2D eigenvalue weighted by molar-refractivity contribution is 7.80. The molecule has 0 spiro atoms. The molecule has 0 unspecified atom stereocenters. The molecular weight excluding hydrogens is 413 g/mol. The van der Waals surface area contributed by atoms with Crippen molar-refractivity contribution in [3.63, 3.8) is 0 Å². The van der Waals surface area contributed by atoms with Crippen LogP contribution in [-0.4, -0.2) is 23.9 Å². The van der Waals surface area contributed by atoms with Crippen LogP contribution in [0.1, 0.15) is 15.9 Å². The molecule has 0 aliphatic carbocycles. The summed E-state index contributed by atoms with van der Waals surface area (Å²) in [7, 11) is 1.27. The first-order chi connectivity index (χ1) is 14.3. The quantitative estimate of drug-likeness (QED) is 0.572. The predicted octanol–water partition coefficient (Wildman–Crippen LogP) is 5.29. The summed E-state index contributed by atoms with van der Waals surface area (Å²) >= 11 is 4.04. The van der Waals surface area contributed by atoms with Gasteiger partial charge in [-0.25, -0.2) is 18.0 Å². The van der Waals surface area contributed by atoms with E-state index < -0.39 is 35.0 Å². The van der Waals surface area contributed by atoms with Crippen molar-refractivity contribution in [1.29, 1.82) is 0 Å². The number of carbonyl (C=O) groups excluding carboxylic acids is 2. The van der Waals surface area contributed by atoms with E-state index in [-0.39, 0.29) is 12.2 Å². The zero-order valence-electron chi connectivity index (χ0n) is 15.8. The van der Waals surface area contributed by atoms with Crippen LogP contribution in [0, 0.1) is 17.5 Å². The topological polar surface area (TPSA) is 40.6 Å². The van der Waals surface area contributed by atoms with Crippen LogP contribution in [-0.2, 0) is 6.54 Å². The number of hydrogen-bond acceptors (Lipinski definition) is 3. The van der Waals surface area contributed by atoms with E-state index in [1.165, 1.54) is 19.2 Å². The zero-order chi connectivity index (χ0) is 21.8. The van der Waals surface area contributed by atoms with E-state index in [2.05, 4.69) is 12.6 Å². The van der Waals surface area contributed by atoms with Crippen molar-refractivity contribution >= 4 is 30.3 Å². The van der Waals surface area contributed by atoms with Gasteiger partial charge in [-0.15, -0.1) is 12.6 Å². The second-order valence-corrected chi connectivity index (χ2v) is 6.97. The smallest absolute Gasteiger partial charge is 0.294 e. The first kappa shape index (κ1) is 21.4. The lowest BCUT2D eigenvalue weighted by molar-refractivity contribution is 0.0788. The molecule has 0 atom stereocenters. The number of rotatable bonds is 4. The molecule has 0 heterocycles. The van der Waals surface area contributed by atoms with Gasteiger partial charge in [0.05, 0.1) is 12.2 Å². The second-order valence-electron chi connectivity index (χ2n) is 6.45. The summed E-state index contributed by atoms with van der Waals surface area (Å²) in [5.41, 5.74) is -0.422. The number of benzene rings is 3. The summed E-state index contributed by atoms with van der Waals surface area (Å²) in [6.07, 6.45) is 0. The van der Waals surface area contributed by atoms with Crippen molar-refractivity contribution in [2.24, 2.45) is 0 Å². The highest BCUT2D eigenvalue weighted by Crippen LogP contribution is 2.24. The van der Waals surface area contributed by atoms with Gasteiger partial charge < -0.3 is 0 Å². The van der Waals surface area contributed by atoms with E-state index in [0.717, 1.165) is 29.2 Å². The van der Waals surface area contributed by atoms with Crippen LogP contribution >= 0.6 is 12.6 Å². The molecule has 0 fully saturated rings. The Morgan fingerprint density at radius 1 is 0.867 bits per heavy atom. The Bertz CT molecular complexity index is 1070. The van der Waals surface area contributed by atoms with E-state index in [1.54, 1.807) is 30.3 Å². The average Bonchev–Trinajstić information content (AvgIpc) is 2.71. The van der Waals surface area contributed by atoms with Crippen LogP contribution in [0.25, 0.3) is 0 Å². The third-order valence-corrected chi connectivity index (χ3v) is 4.69. The first-order valence-electron chi connectivity index (χ1n) is 8.85. The third kappa shape index (κ3) is 4.49. The maximum absolute atomic E-state index is 14.3. The number of carbonyl (C=O) groups is 2. The van der Waals surface area contributed by atoms with Crippen molar-refractivity contribution in [1.82, 2.24) is 4.90 Å². The Labute approximate surface area is 176 Å². The number of halogens is 3. The van der Waals surface area contributed by atoms with Crippen molar-refractivity contribution in [2.45, 2.75) is 11.4 Å². The number of hydrogen-bond donors (Lipinski definition) is 1. The number of thiol groups is 1. The van der Waals surface area contributed by atoms with Gasteiger partial charge in [0.15, 0.2) is 0 Å². The lowest BCUT2D eigenvalue weighted by Crippen LogP contribution is -2.45. The minimum atomic E-state index is -1.17. The Morgan fingerprint density at radius 2 is 1.50 bits per heavy atom. The summed E-state index contributed by atoms with van der Waals surface area (Å²) in [5, 5.41) is 0. The molecule has 3 aromatic carbocycles. The summed E-state index contributed by atoms with van der Waals surface area (Å²) in [4.78, 5) is 28.0. The Kier molecular flexibility index (Phi) is 6.47. The fraction of sp³-hybridized carbons (Fsp3) is 0.0909. The molecule has 4 nitrogen and oxygen atoms in total. The van der Waals surface area contributed by atoms with Gasteiger partial charge in [-0.05, 0) is 35.9 Å². The van der Waals surface area contributed by atoms with Crippen LogP contribution in [0.3, 0.4) is 0 Å². The van der Waals surface area contributed by atoms with E-state index in [4.69, 9.17) is 0 Å². The maximum Gasteiger partial charge on any atom is 0.331 e. The van der Waals surface area contributed by atoms with Gasteiger partial charge in [0.2, 0.25) is 0 Å². The molecule has 0 radical (unpaired) electrons. The van der Waals surface area contributed by atoms with Crippen molar-refractivity contribution < 1.29 is 22.8 Å². The second kappa shape index (κ2) is 9.04. The monoisotopic (exact) mass is 430 g/mol. The number of urea groups is 1.